The van der Waals surface area contributed by atoms with E-state index in [9.17, 15) is 4.79 Å². The number of nitrogens with zero attached hydrogens (tertiary/aromatic N) is 3. The zero-order valence-electron chi connectivity index (χ0n) is 21.9. The van der Waals surface area contributed by atoms with Crippen LogP contribution in [-0.4, -0.2) is 43.4 Å². The Labute approximate surface area is 231 Å². The van der Waals surface area contributed by atoms with Crippen LogP contribution in [0.1, 0.15) is 28.4 Å². The molecular formula is C30H27ClN4O4. The number of methoxy groups -OCH3 is 3. The predicted molar refractivity (Wildman–Crippen MR) is 152 cm³/mol. The van der Waals surface area contributed by atoms with Crippen LogP contribution in [0, 0.1) is 6.92 Å². The monoisotopic (exact) mass is 542 g/mol. The van der Waals surface area contributed by atoms with Gasteiger partial charge in [-0.25, -0.2) is 9.99 Å². The van der Waals surface area contributed by atoms with Crippen molar-refractivity contribution in [2.24, 2.45) is 5.10 Å². The molecule has 1 atom stereocenters. The number of halogens is 1. The maximum Gasteiger partial charge on any atom is 0.292 e. The lowest BCUT2D eigenvalue weighted by atomic mass is 10.1. The number of aryl methyl sites for hydroxylation is 1. The number of pyridine rings is 1. The molecule has 198 valence electrons. The maximum absolute atomic E-state index is 13.6. The van der Waals surface area contributed by atoms with Gasteiger partial charge in [0.15, 0.2) is 17.7 Å². The van der Waals surface area contributed by atoms with Gasteiger partial charge in [0.2, 0.25) is 5.75 Å². The number of hydrogen-bond donors (Lipinski definition) is 1. The van der Waals surface area contributed by atoms with Crippen LogP contribution in [-0.2, 0) is 4.79 Å². The number of carbonyl (C=O) groups excluding carboxylic acids is 1. The third-order valence-corrected chi connectivity index (χ3v) is 6.66. The molecule has 0 spiro atoms. The minimum atomic E-state index is -0.530. The molecule has 1 unspecified atom stereocenters. The van der Waals surface area contributed by atoms with Crippen LogP contribution in [0.25, 0.3) is 17.0 Å². The average molecular weight is 543 g/mol. The molecule has 8 nitrogen and oxygen atoms in total. The molecule has 0 saturated carbocycles. The van der Waals surface area contributed by atoms with E-state index in [0.717, 1.165) is 22.0 Å². The second-order valence-corrected chi connectivity index (χ2v) is 9.29. The molecule has 39 heavy (non-hydrogen) atoms. The van der Waals surface area contributed by atoms with Crippen LogP contribution in [0.15, 0.2) is 77.5 Å². The van der Waals surface area contributed by atoms with E-state index in [-0.39, 0.29) is 5.91 Å². The zero-order chi connectivity index (χ0) is 27.5. The van der Waals surface area contributed by atoms with Crippen molar-refractivity contribution < 1.29 is 19.0 Å². The smallest absolute Gasteiger partial charge is 0.292 e. The number of nitrogens with one attached hydrogen (secondary N) is 1. The summed E-state index contributed by atoms with van der Waals surface area (Å²) < 4.78 is 16.4. The Morgan fingerprint density at radius 2 is 1.69 bits per heavy atom. The summed E-state index contributed by atoms with van der Waals surface area (Å²) >= 11 is 6.47. The molecule has 1 N–H and O–H groups in total. The van der Waals surface area contributed by atoms with Crippen molar-refractivity contribution in [2.75, 3.05) is 21.3 Å². The van der Waals surface area contributed by atoms with Gasteiger partial charge in [0.25, 0.3) is 5.91 Å². The summed E-state index contributed by atoms with van der Waals surface area (Å²) in [6.45, 7) is 2.02. The van der Waals surface area contributed by atoms with E-state index in [1.165, 1.54) is 5.01 Å². The zero-order valence-corrected chi connectivity index (χ0v) is 22.7. The molecule has 0 bridgehead atoms. The SMILES string of the molecule is COc1cc(C=C2NC(c3ccccc3)N(N=Cc3cc4cc(C)ccc4nc3Cl)C2=O)cc(OC)c1OC. The molecule has 3 aromatic carbocycles. The normalized spacial score (nSPS) is 16.2. The standard InChI is InChI=1S/C30H27ClN4O4/c1-18-10-11-23-21(12-18)16-22(28(31)33-23)17-32-35-29(20-8-6-5-7-9-20)34-24(30(35)36)13-19-14-25(37-2)27(39-4)26(15-19)38-3/h5-17,29,34H,1-4H3. The maximum atomic E-state index is 13.6. The number of hydrazone groups is 1. The predicted octanol–water partition coefficient (Wildman–Crippen LogP) is 5.73. The summed E-state index contributed by atoms with van der Waals surface area (Å²) in [4.78, 5) is 18.1. The van der Waals surface area contributed by atoms with Crippen LogP contribution in [0.5, 0.6) is 17.2 Å². The van der Waals surface area contributed by atoms with E-state index in [0.29, 0.717) is 39.2 Å². The number of amides is 1. The molecule has 1 aliphatic rings. The van der Waals surface area contributed by atoms with Gasteiger partial charge in [0.05, 0.1) is 33.1 Å². The van der Waals surface area contributed by atoms with E-state index in [1.807, 2.05) is 61.5 Å². The molecule has 1 aromatic heterocycles. The Hall–Kier alpha value is -4.56. The van der Waals surface area contributed by atoms with E-state index < -0.39 is 6.17 Å². The summed E-state index contributed by atoms with van der Waals surface area (Å²) in [5.74, 6) is 1.13. The Bertz CT molecular complexity index is 1580. The van der Waals surface area contributed by atoms with Crippen LogP contribution in [0.3, 0.4) is 0 Å². The molecule has 0 aliphatic carbocycles. The summed E-state index contributed by atoms with van der Waals surface area (Å²) in [5.41, 5.74) is 4.42. The van der Waals surface area contributed by atoms with E-state index in [1.54, 1.807) is 45.8 Å². The molecule has 1 saturated heterocycles. The third-order valence-electron chi connectivity index (χ3n) is 6.36. The molecular weight excluding hydrogens is 516 g/mol. The highest BCUT2D eigenvalue weighted by Crippen LogP contribution is 2.39. The van der Waals surface area contributed by atoms with Crippen molar-refractivity contribution in [1.82, 2.24) is 15.3 Å². The quantitative estimate of drug-likeness (QED) is 0.182. The topological polar surface area (TPSA) is 85.3 Å². The van der Waals surface area contributed by atoms with Gasteiger partial charge < -0.3 is 19.5 Å². The van der Waals surface area contributed by atoms with Gasteiger partial charge in [-0.1, -0.05) is 53.6 Å². The molecule has 4 aromatic rings. The number of ether oxygens (including phenoxy) is 3. The highest BCUT2D eigenvalue weighted by molar-refractivity contribution is 6.32. The minimum Gasteiger partial charge on any atom is -0.493 e. The van der Waals surface area contributed by atoms with Crippen molar-refractivity contribution in [3.63, 3.8) is 0 Å². The van der Waals surface area contributed by atoms with Gasteiger partial charge in [0.1, 0.15) is 10.9 Å². The molecule has 0 radical (unpaired) electrons. The molecule has 9 heteroatoms. The Kier molecular flexibility index (Phi) is 7.38. The fourth-order valence-electron chi connectivity index (χ4n) is 4.45. The number of rotatable bonds is 7. The van der Waals surface area contributed by atoms with E-state index >= 15 is 0 Å². The number of carbonyl (C=O) groups is 1. The van der Waals surface area contributed by atoms with Gasteiger partial charge >= 0.3 is 0 Å². The van der Waals surface area contributed by atoms with Gasteiger partial charge in [-0.2, -0.15) is 5.10 Å². The summed E-state index contributed by atoms with van der Waals surface area (Å²) in [7, 11) is 4.63. The van der Waals surface area contributed by atoms with Crippen LogP contribution < -0.4 is 19.5 Å². The van der Waals surface area contributed by atoms with Crippen molar-refractivity contribution in [1.29, 1.82) is 0 Å². The fraction of sp³-hybridized carbons (Fsp3) is 0.167. The Morgan fingerprint density at radius 1 is 0.974 bits per heavy atom. The Balaban J connectivity index is 1.54. The van der Waals surface area contributed by atoms with Crippen LogP contribution >= 0.6 is 11.6 Å². The summed E-state index contributed by atoms with van der Waals surface area (Å²) in [6.07, 6.45) is 2.76. The van der Waals surface area contributed by atoms with Crippen LogP contribution in [0.4, 0.5) is 0 Å². The first-order chi connectivity index (χ1) is 18.9. The number of fused-ring (bicyclic) bond motifs is 1. The number of benzene rings is 3. The molecule has 5 rings (SSSR count). The van der Waals surface area contributed by atoms with Crippen molar-refractivity contribution in [2.45, 2.75) is 13.1 Å². The van der Waals surface area contributed by atoms with Crippen molar-refractivity contribution in [3.8, 4) is 17.2 Å². The van der Waals surface area contributed by atoms with Gasteiger partial charge in [-0.3, -0.25) is 4.79 Å². The van der Waals surface area contributed by atoms with Crippen molar-refractivity contribution >= 4 is 40.7 Å². The number of aromatic nitrogens is 1. The van der Waals surface area contributed by atoms with E-state index in [2.05, 4.69) is 15.4 Å². The van der Waals surface area contributed by atoms with Crippen molar-refractivity contribution in [3.05, 3.63) is 99.8 Å². The largest absolute Gasteiger partial charge is 0.493 e. The van der Waals surface area contributed by atoms with Gasteiger partial charge in [-0.15, -0.1) is 0 Å². The molecule has 2 heterocycles. The second-order valence-electron chi connectivity index (χ2n) is 8.93. The molecule has 1 amide bonds. The highest BCUT2D eigenvalue weighted by Gasteiger charge is 2.36. The fourth-order valence-corrected chi connectivity index (χ4v) is 4.64. The first-order valence-electron chi connectivity index (χ1n) is 12.2. The first-order valence-corrected chi connectivity index (χ1v) is 12.6. The molecule has 1 aliphatic heterocycles. The third kappa shape index (κ3) is 5.24. The first kappa shape index (κ1) is 26.1. The average Bonchev–Trinajstić information content (AvgIpc) is 3.26. The lowest BCUT2D eigenvalue weighted by Gasteiger charge is -2.19. The number of hydrogen-bond acceptors (Lipinski definition) is 7. The Morgan fingerprint density at radius 3 is 2.36 bits per heavy atom. The highest BCUT2D eigenvalue weighted by atomic mass is 35.5. The van der Waals surface area contributed by atoms with Gasteiger partial charge in [-0.05, 0) is 54.5 Å². The molecule has 1 fully saturated rings. The van der Waals surface area contributed by atoms with Gasteiger partial charge in [0, 0.05) is 10.9 Å². The lowest BCUT2D eigenvalue weighted by molar-refractivity contribution is -0.126. The second kappa shape index (κ2) is 11.0. The lowest BCUT2D eigenvalue weighted by Crippen LogP contribution is -2.25. The van der Waals surface area contributed by atoms with Crippen LogP contribution in [0.2, 0.25) is 5.15 Å². The summed E-state index contributed by atoms with van der Waals surface area (Å²) in [5, 5.41) is 10.5. The minimum absolute atomic E-state index is 0.305. The summed E-state index contributed by atoms with van der Waals surface area (Å²) in [6, 6.07) is 21.0. The van der Waals surface area contributed by atoms with E-state index in [4.69, 9.17) is 25.8 Å².